The molecule has 2 rings (SSSR count). The third kappa shape index (κ3) is 0.766. The molecule has 0 radical (unpaired) electrons. The average molecular weight is 121 g/mol. The summed E-state index contributed by atoms with van der Waals surface area (Å²) >= 11 is 0. The van der Waals surface area contributed by atoms with Crippen LogP contribution in [0.3, 0.4) is 0 Å². The summed E-state index contributed by atoms with van der Waals surface area (Å²) in [6.45, 7) is 2.42. The molecule has 1 fully saturated rings. The van der Waals surface area contributed by atoms with E-state index >= 15 is 0 Å². The van der Waals surface area contributed by atoms with Gasteiger partial charge in [0, 0.05) is 18.8 Å². The highest BCUT2D eigenvalue weighted by molar-refractivity contribution is 5.19. The van der Waals surface area contributed by atoms with E-state index in [1.807, 2.05) is 0 Å². The van der Waals surface area contributed by atoms with Gasteiger partial charge in [-0.05, 0) is 18.9 Å². The Hall–Kier alpha value is -0.720. The highest BCUT2D eigenvalue weighted by atomic mass is 15.1. The maximum absolute atomic E-state index is 2.44. The van der Waals surface area contributed by atoms with E-state index in [-0.39, 0.29) is 0 Å². The Kier molecular flexibility index (Phi) is 1.08. The number of allylic oxidation sites excluding steroid dienone is 3. The zero-order chi connectivity index (χ0) is 6.10. The minimum Gasteiger partial charge on any atom is -0.371 e. The van der Waals surface area contributed by atoms with Crippen molar-refractivity contribution in [2.24, 2.45) is 0 Å². The minimum absolute atomic E-state index is 1.14. The van der Waals surface area contributed by atoms with E-state index in [1.54, 1.807) is 0 Å². The van der Waals surface area contributed by atoms with Crippen LogP contribution >= 0.6 is 0 Å². The van der Waals surface area contributed by atoms with Crippen LogP contribution in [0.1, 0.15) is 12.8 Å². The fourth-order valence-electron chi connectivity index (χ4n) is 1.52. The van der Waals surface area contributed by atoms with E-state index in [0.29, 0.717) is 0 Å². The molecule has 0 aromatic rings. The number of fused-ring (bicyclic) bond motifs is 1. The first-order chi connectivity index (χ1) is 4.47. The molecule has 2 aliphatic rings. The first kappa shape index (κ1) is 5.10. The molecule has 1 heteroatoms. The van der Waals surface area contributed by atoms with Crippen LogP contribution < -0.4 is 0 Å². The van der Waals surface area contributed by atoms with E-state index in [2.05, 4.69) is 23.1 Å². The zero-order valence-corrected chi connectivity index (χ0v) is 5.51. The maximum Gasteiger partial charge on any atom is 0.0359 e. The Balaban J connectivity index is 2.23. The van der Waals surface area contributed by atoms with Gasteiger partial charge in [0.1, 0.15) is 0 Å². The van der Waals surface area contributed by atoms with Crippen molar-refractivity contribution in [2.75, 3.05) is 13.1 Å². The first-order valence-corrected chi connectivity index (χ1v) is 3.57. The van der Waals surface area contributed by atoms with E-state index in [4.69, 9.17) is 0 Å². The van der Waals surface area contributed by atoms with Crippen molar-refractivity contribution in [1.29, 1.82) is 0 Å². The molecule has 2 aliphatic heterocycles. The Morgan fingerprint density at radius 3 is 3.33 bits per heavy atom. The van der Waals surface area contributed by atoms with E-state index < -0.39 is 0 Å². The smallest absolute Gasteiger partial charge is 0.0359 e. The molecule has 48 valence electrons. The second-order valence-electron chi connectivity index (χ2n) is 2.64. The van der Waals surface area contributed by atoms with Crippen LogP contribution in [0.15, 0.2) is 23.9 Å². The van der Waals surface area contributed by atoms with Crippen LogP contribution in [0.5, 0.6) is 0 Å². The lowest BCUT2D eigenvalue weighted by molar-refractivity contribution is 0.432. The third-order valence-electron chi connectivity index (χ3n) is 2.02. The summed E-state index contributed by atoms with van der Waals surface area (Å²) in [4.78, 5) is 2.44. The Morgan fingerprint density at radius 1 is 1.44 bits per heavy atom. The molecular weight excluding hydrogens is 110 g/mol. The Bertz CT molecular complexity index is 167. The molecule has 1 nitrogen and oxygen atoms in total. The van der Waals surface area contributed by atoms with Crippen LogP contribution in [-0.4, -0.2) is 18.0 Å². The average Bonchev–Trinajstić information content (AvgIpc) is 2.33. The number of hydrogen-bond donors (Lipinski definition) is 0. The molecular formula is C8H11N. The summed E-state index contributed by atoms with van der Waals surface area (Å²) in [7, 11) is 0. The van der Waals surface area contributed by atoms with Gasteiger partial charge in [-0.25, -0.2) is 0 Å². The molecule has 0 unspecified atom stereocenters. The van der Waals surface area contributed by atoms with Crippen LogP contribution in [0.25, 0.3) is 0 Å². The van der Waals surface area contributed by atoms with Gasteiger partial charge < -0.3 is 4.90 Å². The van der Waals surface area contributed by atoms with Crippen LogP contribution in [0, 0.1) is 0 Å². The standard InChI is InChI=1S/C8H11N/c1-2-6-9-7-3-5-8(9)4-1/h1-2,4H,3,5-7H2. The first-order valence-electron chi connectivity index (χ1n) is 3.57. The molecule has 0 amide bonds. The van der Waals surface area contributed by atoms with Gasteiger partial charge in [0.25, 0.3) is 0 Å². The van der Waals surface area contributed by atoms with Gasteiger partial charge in [-0.3, -0.25) is 0 Å². The number of hydrogen-bond acceptors (Lipinski definition) is 1. The van der Waals surface area contributed by atoms with Crippen molar-refractivity contribution in [3.8, 4) is 0 Å². The van der Waals surface area contributed by atoms with Crippen LogP contribution in [-0.2, 0) is 0 Å². The van der Waals surface area contributed by atoms with Gasteiger partial charge in [0.15, 0.2) is 0 Å². The topological polar surface area (TPSA) is 3.24 Å². The van der Waals surface area contributed by atoms with Crippen molar-refractivity contribution in [2.45, 2.75) is 12.8 Å². The Labute approximate surface area is 55.7 Å². The fraction of sp³-hybridized carbons (Fsp3) is 0.500. The predicted octanol–water partition coefficient (Wildman–Crippen LogP) is 1.54. The van der Waals surface area contributed by atoms with Gasteiger partial charge >= 0.3 is 0 Å². The summed E-state index contributed by atoms with van der Waals surface area (Å²) in [6, 6.07) is 0. The van der Waals surface area contributed by atoms with Crippen molar-refractivity contribution >= 4 is 0 Å². The van der Waals surface area contributed by atoms with E-state index in [9.17, 15) is 0 Å². The van der Waals surface area contributed by atoms with Crippen LogP contribution in [0.2, 0.25) is 0 Å². The fourth-order valence-corrected chi connectivity index (χ4v) is 1.52. The molecule has 0 aliphatic carbocycles. The summed E-state index contributed by atoms with van der Waals surface area (Å²) < 4.78 is 0. The Morgan fingerprint density at radius 2 is 2.44 bits per heavy atom. The molecule has 1 saturated heterocycles. The SMILES string of the molecule is C1=CCN2CCCC2=C1. The number of nitrogens with zero attached hydrogens (tertiary/aromatic N) is 1. The van der Waals surface area contributed by atoms with Crippen molar-refractivity contribution < 1.29 is 0 Å². The maximum atomic E-state index is 2.44. The lowest BCUT2D eigenvalue weighted by Crippen LogP contribution is -2.18. The second-order valence-corrected chi connectivity index (χ2v) is 2.64. The van der Waals surface area contributed by atoms with Gasteiger partial charge in [-0.2, -0.15) is 0 Å². The summed E-state index contributed by atoms with van der Waals surface area (Å²) in [5, 5.41) is 0. The largest absolute Gasteiger partial charge is 0.371 e. The molecule has 2 heterocycles. The van der Waals surface area contributed by atoms with Crippen LogP contribution in [0.4, 0.5) is 0 Å². The van der Waals surface area contributed by atoms with Gasteiger partial charge in [0.2, 0.25) is 0 Å². The van der Waals surface area contributed by atoms with Crippen molar-refractivity contribution in [3.63, 3.8) is 0 Å². The molecule has 0 saturated carbocycles. The third-order valence-corrected chi connectivity index (χ3v) is 2.02. The molecule has 0 atom stereocenters. The molecule has 9 heavy (non-hydrogen) atoms. The normalized spacial score (nSPS) is 24.0. The lowest BCUT2D eigenvalue weighted by Gasteiger charge is -2.19. The highest BCUT2D eigenvalue weighted by Gasteiger charge is 2.15. The molecule has 0 spiro atoms. The van der Waals surface area contributed by atoms with Crippen molar-refractivity contribution in [3.05, 3.63) is 23.9 Å². The molecule has 0 aromatic carbocycles. The lowest BCUT2D eigenvalue weighted by atomic mass is 10.2. The second kappa shape index (κ2) is 1.90. The van der Waals surface area contributed by atoms with Gasteiger partial charge in [0.05, 0.1) is 0 Å². The summed E-state index contributed by atoms with van der Waals surface area (Å²) in [5.41, 5.74) is 1.54. The summed E-state index contributed by atoms with van der Waals surface area (Å²) in [5.74, 6) is 0. The van der Waals surface area contributed by atoms with Gasteiger partial charge in [-0.15, -0.1) is 0 Å². The summed E-state index contributed by atoms with van der Waals surface area (Å²) in [6.07, 6.45) is 9.26. The monoisotopic (exact) mass is 121 g/mol. The molecule has 0 N–H and O–H groups in total. The molecule has 0 aromatic heterocycles. The van der Waals surface area contributed by atoms with Gasteiger partial charge in [-0.1, -0.05) is 12.2 Å². The minimum atomic E-state index is 1.14. The quantitative estimate of drug-likeness (QED) is 0.470. The highest BCUT2D eigenvalue weighted by Crippen LogP contribution is 2.22. The predicted molar refractivity (Wildman–Crippen MR) is 38.0 cm³/mol. The van der Waals surface area contributed by atoms with Crippen molar-refractivity contribution in [1.82, 2.24) is 4.90 Å². The van der Waals surface area contributed by atoms with E-state index in [0.717, 1.165) is 6.54 Å². The number of rotatable bonds is 0. The van der Waals surface area contributed by atoms with E-state index in [1.165, 1.54) is 25.1 Å². The zero-order valence-electron chi connectivity index (χ0n) is 5.51. The molecule has 0 bridgehead atoms.